The number of carbonyl (C=O) groups excluding carboxylic acids is 1. The number of benzene rings is 2. The number of H-pyrrole nitrogens is 2. The number of imidazole rings is 1. The van der Waals surface area contributed by atoms with Crippen molar-refractivity contribution < 1.29 is 18.7 Å². The molecule has 3 N–H and O–H groups in total. The Labute approximate surface area is 175 Å². The van der Waals surface area contributed by atoms with Gasteiger partial charge in [0.15, 0.2) is 16.3 Å². The largest absolute Gasteiger partial charge is 0.493 e. The number of fused-ring (bicyclic) bond motifs is 1. The number of ether oxygens (including phenoxy) is 2. The number of rotatable bonds is 6. The number of aromatic amines is 2. The lowest BCUT2D eigenvalue weighted by molar-refractivity contribution is 0.102. The minimum atomic E-state index is -0.548. The number of nitrogens with one attached hydrogen (secondary N) is 3. The normalized spacial score (nSPS) is 10.7. The predicted molar refractivity (Wildman–Crippen MR) is 113 cm³/mol. The zero-order chi connectivity index (χ0) is 21.1. The summed E-state index contributed by atoms with van der Waals surface area (Å²) in [6.07, 6.45) is 3.38. The number of carbonyl (C=O) groups is 1. The number of hydrogen-bond donors (Lipinski definition) is 3. The van der Waals surface area contributed by atoms with Crippen LogP contribution < -0.4 is 14.8 Å². The van der Waals surface area contributed by atoms with E-state index in [1.807, 2.05) is 12.1 Å². The molecule has 0 atom stereocenters. The number of amides is 1. The van der Waals surface area contributed by atoms with E-state index in [1.165, 1.54) is 13.2 Å². The molecule has 2 aromatic heterocycles. The van der Waals surface area contributed by atoms with Crippen LogP contribution >= 0.6 is 12.2 Å². The highest BCUT2D eigenvalue weighted by atomic mass is 32.1. The molecule has 4 rings (SSSR count). The van der Waals surface area contributed by atoms with Gasteiger partial charge in [0, 0.05) is 29.7 Å². The van der Waals surface area contributed by atoms with E-state index >= 15 is 0 Å². The number of nitrogens with zero attached hydrogens (tertiary/aromatic N) is 1. The number of methoxy groups -OCH3 is 1. The fraction of sp³-hybridized carbons (Fsp3) is 0.0952. The van der Waals surface area contributed by atoms with Gasteiger partial charge in [-0.05, 0) is 42.5 Å². The van der Waals surface area contributed by atoms with Crippen molar-refractivity contribution in [3.05, 3.63) is 76.6 Å². The number of halogens is 1. The molecule has 0 radical (unpaired) electrons. The summed E-state index contributed by atoms with van der Waals surface area (Å²) in [4.78, 5) is 22.5. The molecule has 0 aliphatic rings. The van der Waals surface area contributed by atoms with E-state index in [1.54, 1.807) is 30.6 Å². The smallest absolute Gasteiger partial charge is 0.257 e. The quantitative estimate of drug-likeness (QED) is 0.394. The van der Waals surface area contributed by atoms with E-state index < -0.39 is 11.7 Å². The highest BCUT2D eigenvalue weighted by Crippen LogP contribution is 2.31. The molecule has 9 heteroatoms. The lowest BCUT2D eigenvalue weighted by Crippen LogP contribution is -2.13. The summed E-state index contributed by atoms with van der Waals surface area (Å²) in [6.45, 7) is 0.284. The van der Waals surface area contributed by atoms with Crippen LogP contribution in [0.25, 0.3) is 11.0 Å². The Morgan fingerprint density at radius 1 is 1.20 bits per heavy atom. The van der Waals surface area contributed by atoms with Crippen molar-refractivity contribution in [3.8, 4) is 11.5 Å². The number of pyridine rings is 1. The molecule has 30 heavy (non-hydrogen) atoms. The fourth-order valence-electron chi connectivity index (χ4n) is 3.00. The molecule has 0 aliphatic heterocycles. The molecular formula is C21H17FN4O3S. The Hall–Kier alpha value is -3.72. The summed E-state index contributed by atoms with van der Waals surface area (Å²) in [5, 5.41) is 2.76. The molecule has 0 saturated carbocycles. The van der Waals surface area contributed by atoms with Crippen LogP contribution in [0.1, 0.15) is 15.9 Å². The molecule has 0 unspecified atom stereocenters. The first kappa shape index (κ1) is 19.6. The van der Waals surface area contributed by atoms with Crippen molar-refractivity contribution in [3.63, 3.8) is 0 Å². The number of hydrogen-bond acceptors (Lipinski definition) is 5. The van der Waals surface area contributed by atoms with Crippen LogP contribution in [-0.2, 0) is 6.61 Å². The SMILES string of the molecule is COc1ccc(NC(=O)c2cc(F)cc3[nH]c(=S)[nH]c23)cc1OCc1cccnc1. The first-order valence-corrected chi connectivity index (χ1v) is 9.37. The van der Waals surface area contributed by atoms with Gasteiger partial charge in [0.1, 0.15) is 12.4 Å². The van der Waals surface area contributed by atoms with E-state index in [4.69, 9.17) is 21.7 Å². The van der Waals surface area contributed by atoms with Gasteiger partial charge in [0.05, 0.1) is 23.7 Å². The summed E-state index contributed by atoms with van der Waals surface area (Å²) in [7, 11) is 1.53. The fourth-order valence-corrected chi connectivity index (χ4v) is 3.21. The third-order valence-corrected chi connectivity index (χ3v) is 4.58. The molecule has 4 aromatic rings. The highest BCUT2D eigenvalue weighted by molar-refractivity contribution is 7.71. The zero-order valence-corrected chi connectivity index (χ0v) is 16.7. The van der Waals surface area contributed by atoms with Crippen molar-refractivity contribution in [2.75, 3.05) is 12.4 Å². The second kappa shape index (κ2) is 8.34. The average molecular weight is 424 g/mol. The minimum absolute atomic E-state index is 0.131. The molecular weight excluding hydrogens is 407 g/mol. The topological polar surface area (TPSA) is 92.0 Å². The molecule has 0 aliphatic carbocycles. The lowest BCUT2D eigenvalue weighted by atomic mass is 10.1. The van der Waals surface area contributed by atoms with Crippen molar-refractivity contribution in [2.24, 2.45) is 0 Å². The van der Waals surface area contributed by atoms with Gasteiger partial charge in [-0.2, -0.15) is 0 Å². The van der Waals surface area contributed by atoms with E-state index in [-0.39, 0.29) is 12.2 Å². The summed E-state index contributed by atoms with van der Waals surface area (Å²) in [6, 6.07) is 11.1. The molecule has 2 heterocycles. The van der Waals surface area contributed by atoms with Gasteiger partial charge in [0.25, 0.3) is 5.91 Å². The van der Waals surface area contributed by atoms with Crippen LogP contribution in [0.5, 0.6) is 11.5 Å². The van der Waals surface area contributed by atoms with Gasteiger partial charge in [-0.3, -0.25) is 9.78 Å². The molecule has 1 amide bonds. The summed E-state index contributed by atoms with van der Waals surface area (Å²) >= 11 is 5.05. The van der Waals surface area contributed by atoms with Crippen LogP contribution in [0, 0.1) is 10.6 Å². The van der Waals surface area contributed by atoms with E-state index in [0.717, 1.165) is 11.6 Å². The molecule has 7 nitrogen and oxygen atoms in total. The standard InChI is InChI=1S/C21H17FN4O3S/c1-28-17-5-4-14(9-18(17)29-11-12-3-2-6-23-10-12)24-20(27)15-7-13(22)8-16-19(15)26-21(30)25-16/h2-10H,11H2,1H3,(H,24,27)(H2,25,26,30). The molecule has 0 spiro atoms. The Morgan fingerprint density at radius 2 is 2.07 bits per heavy atom. The summed E-state index contributed by atoms with van der Waals surface area (Å²) < 4.78 is 25.4. The molecule has 2 aromatic carbocycles. The predicted octanol–water partition coefficient (Wildman–Crippen LogP) is 4.60. The highest BCUT2D eigenvalue weighted by Gasteiger charge is 2.15. The van der Waals surface area contributed by atoms with Crippen molar-refractivity contribution in [1.82, 2.24) is 15.0 Å². The second-order valence-electron chi connectivity index (χ2n) is 6.42. The first-order chi connectivity index (χ1) is 14.5. The van der Waals surface area contributed by atoms with Crippen molar-refractivity contribution in [1.29, 1.82) is 0 Å². The summed E-state index contributed by atoms with van der Waals surface area (Å²) in [5.74, 6) is -0.0782. The van der Waals surface area contributed by atoms with Crippen LogP contribution in [0.4, 0.5) is 10.1 Å². The van der Waals surface area contributed by atoms with Crippen LogP contribution in [0.2, 0.25) is 0 Å². The monoisotopic (exact) mass is 424 g/mol. The number of anilines is 1. The van der Waals surface area contributed by atoms with Gasteiger partial charge >= 0.3 is 0 Å². The van der Waals surface area contributed by atoms with Crippen LogP contribution in [0.15, 0.2) is 54.9 Å². The van der Waals surface area contributed by atoms with Crippen molar-refractivity contribution in [2.45, 2.75) is 6.61 Å². The van der Waals surface area contributed by atoms with Gasteiger partial charge < -0.3 is 24.8 Å². The molecule has 0 fully saturated rings. The Morgan fingerprint density at radius 3 is 2.83 bits per heavy atom. The van der Waals surface area contributed by atoms with Gasteiger partial charge in [-0.15, -0.1) is 0 Å². The van der Waals surface area contributed by atoms with Gasteiger partial charge in [-0.1, -0.05) is 6.07 Å². The Balaban J connectivity index is 1.59. The third kappa shape index (κ3) is 4.15. The summed E-state index contributed by atoms with van der Waals surface area (Å²) in [5.41, 5.74) is 2.33. The van der Waals surface area contributed by atoms with Gasteiger partial charge in [-0.25, -0.2) is 4.39 Å². The van der Waals surface area contributed by atoms with Crippen LogP contribution in [0.3, 0.4) is 0 Å². The lowest BCUT2D eigenvalue weighted by Gasteiger charge is -2.13. The molecule has 152 valence electrons. The van der Waals surface area contributed by atoms with E-state index in [0.29, 0.717) is 33.0 Å². The maximum Gasteiger partial charge on any atom is 0.257 e. The molecule has 0 saturated heterocycles. The molecule has 0 bridgehead atoms. The zero-order valence-electron chi connectivity index (χ0n) is 15.9. The van der Waals surface area contributed by atoms with Gasteiger partial charge in [0.2, 0.25) is 0 Å². The first-order valence-electron chi connectivity index (χ1n) is 8.96. The van der Waals surface area contributed by atoms with Crippen LogP contribution in [-0.4, -0.2) is 28.0 Å². The minimum Gasteiger partial charge on any atom is -0.493 e. The Kier molecular flexibility index (Phi) is 5.44. The second-order valence-corrected chi connectivity index (χ2v) is 6.83. The number of aromatic nitrogens is 3. The van der Waals surface area contributed by atoms with E-state index in [9.17, 15) is 9.18 Å². The van der Waals surface area contributed by atoms with Crippen molar-refractivity contribution >= 4 is 34.8 Å². The third-order valence-electron chi connectivity index (χ3n) is 4.37. The maximum atomic E-state index is 13.9. The maximum absolute atomic E-state index is 13.9. The van der Waals surface area contributed by atoms with E-state index in [2.05, 4.69) is 20.3 Å². The Bertz CT molecular complexity index is 1270. The average Bonchev–Trinajstić information content (AvgIpc) is 3.12.